The molecule has 0 saturated carbocycles. The van der Waals surface area contributed by atoms with E-state index in [0.717, 1.165) is 5.39 Å². The topological polar surface area (TPSA) is 55.2 Å². The fraction of sp³-hybridized carbons (Fsp3) is 0.0667. The highest BCUT2D eigenvalue weighted by Gasteiger charge is 2.08. The second-order valence-corrected chi connectivity index (χ2v) is 4.58. The number of pyridine rings is 2. The summed E-state index contributed by atoms with van der Waals surface area (Å²) in [5, 5.41) is 10.5. The molecule has 0 radical (unpaired) electrons. The molecule has 3 rings (SSSR count). The summed E-state index contributed by atoms with van der Waals surface area (Å²) in [6, 6.07) is 12.5. The molecule has 3 aromatic rings. The molecule has 0 fully saturated rings. The van der Waals surface area contributed by atoms with Gasteiger partial charge in [-0.15, -0.1) is 0 Å². The number of halogens is 1. The molecule has 0 aliphatic rings. The van der Waals surface area contributed by atoms with Crippen LogP contribution >= 0.6 is 11.6 Å². The fourth-order valence-corrected chi connectivity index (χ4v) is 2.12. The van der Waals surface area contributed by atoms with Gasteiger partial charge in [0.25, 0.3) is 0 Å². The summed E-state index contributed by atoms with van der Waals surface area (Å²) in [6.07, 6.45) is 1.68. The lowest BCUT2D eigenvalue weighted by atomic mass is 10.2. The van der Waals surface area contributed by atoms with Gasteiger partial charge in [0.2, 0.25) is 5.88 Å². The third kappa shape index (κ3) is 2.43. The number of aromatic nitrogens is 2. The van der Waals surface area contributed by atoms with Crippen LogP contribution in [0.25, 0.3) is 10.9 Å². The van der Waals surface area contributed by atoms with Gasteiger partial charge in [-0.25, -0.2) is 4.98 Å². The summed E-state index contributed by atoms with van der Waals surface area (Å²) >= 11 is 6.14. The van der Waals surface area contributed by atoms with Crippen LogP contribution in [-0.2, 0) is 6.61 Å². The second-order valence-electron chi connectivity index (χ2n) is 4.17. The summed E-state index contributed by atoms with van der Waals surface area (Å²) in [4.78, 5) is 8.48. The van der Waals surface area contributed by atoms with E-state index in [4.69, 9.17) is 21.4 Å². The minimum atomic E-state index is -0.128. The van der Waals surface area contributed by atoms with Gasteiger partial charge in [0.05, 0.1) is 17.3 Å². The highest BCUT2D eigenvalue weighted by molar-refractivity contribution is 6.35. The van der Waals surface area contributed by atoms with Crippen molar-refractivity contribution in [3.05, 3.63) is 59.4 Å². The average Bonchev–Trinajstić information content (AvgIpc) is 2.51. The van der Waals surface area contributed by atoms with E-state index in [-0.39, 0.29) is 6.61 Å². The van der Waals surface area contributed by atoms with E-state index in [2.05, 4.69) is 9.97 Å². The molecule has 0 aliphatic heterocycles. The van der Waals surface area contributed by atoms with Crippen molar-refractivity contribution in [3.63, 3.8) is 0 Å². The van der Waals surface area contributed by atoms with Crippen molar-refractivity contribution in [2.45, 2.75) is 6.61 Å². The van der Waals surface area contributed by atoms with Gasteiger partial charge in [-0.2, -0.15) is 0 Å². The third-order valence-corrected chi connectivity index (χ3v) is 3.17. The van der Waals surface area contributed by atoms with Crippen molar-refractivity contribution in [3.8, 4) is 11.6 Å². The Bertz CT molecular complexity index is 762. The molecule has 1 aromatic carbocycles. The van der Waals surface area contributed by atoms with Crippen molar-refractivity contribution < 1.29 is 9.84 Å². The molecule has 2 aromatic heterocycles. The van der Waals surface area contributed by atoms with Crippen molar-refractivity contribution >= 4 is 22.5 Å². The first-order chi connectivity index (χ1) is 9.78. The van der Waals surface area contributed by atoms with Gasteiger partial charge in [0, 0.05) is 17.6 Å². The van der Waals surface area contributed by atoms with Gasteiger partial charge >= 0.3 is 0 Å². The first-order valence-electron chi connectivity index (χ1n) is 6.06. The predicted molar refractivity (Wildman–Crippen MR) is 77.0 cm³/mol. The average molecular weight is 287 g/mol. The van der Waals surface area contributed by atoms with Gasteiger partial charge < -0.3 is 9.84 Å². The van der Waals surface area contributed by atoms with Crippen molar-refractivity contribution in [2.75, 3.05) is 0 Å². The van der Waals surface area contributed by atoms with Crippen LogP contribution in [0.4, 0.5) is 0 Å². The minimum absolute atomic E-state index is 0.128. The Morgan fingerprint density at radius 1 is 1.10 bits per heavy atom. The van der Waals surface area contributed by atoms with Gasteiger partial charge in [0.1, 0.15) is 5.52 Å². The number of fused-ring (bicyclic) bond motifs is 1. The number of aliphatic hydroxyl groups excluding tert-OH is 1. The van der Waals surface area contributed by atoms with Crippen LogP contribution in [-0.4, -0.2) is 15.1 Å². The largest absolute Gasteiger partial charge is 0.437 e. The summed E-state index contributed by atoms with van der Waals surface area (Å²) in [7, 11) is 0. The van der Waals surface area contributed by atoms with Crippen molar-refractivity contribution in [2.24, 2.45) is 0 Å². The molecule has 2 heterocycles. The quantitative estimate of drug-likeness (QED) is 0.800. The van der Waals surface area contributed by atoms with E-state index in [0.29, 0.717) is 27.9 Å². The number of hydrogen-bond acceptors (Lipinski definition) is 4. The SMILES string of the molecule is OCc1cccc(Oc2ccc(Cl)c3cccnc23)n1. The summed E-state index contributed by atoms with van der Waals surface area (Å²) in [5.74, 6) is 0.985. The zero-order valence-electron chi connectivity index (χ0n) is 10.5. The van der Waals surface area contributed by atoms with E-state index in [1.165, 1.54) is 0 Å². The van der Waals surface area contributed by atoms with Crippen molar-refractivity contribution in [1.29, 1.82) is 0 Å². The first kappa shape index (κ1) is 12.8. The maximum atomic E-state index is 9.09. The van der Waals surface area contributed by atoms with Crippen LogP contribution in [0.5, 0.6) is 11.6 Å². The maximum Gasteiger partial charge on any atom is 0.219 e. The molecule has 0 spiro atoms. The van der Waals surface area contributed by atoms with Crippen LogP contribution < -0.4 is 4.74 Å². The Hall–Kier alpha value is -2.17. The standard InChI is InChI=1S/C15H11ClN2O2/c16-12-6-7-13(15-11(12)4-2-8-17-15)20-14-5-1-3-10(9-19)18-14/h1-8,19H,9H2. The third-order valence-electron chi connectivity index (χ3n) is 2.84. The van der Waals surface area contributed by atoms with E-state index >= 15 is 0 Å². The summed E-state index contributed by atoms with van der Waals surface area (Å²) in [6.45, 7) is -0.128. The lowest BCUT2D eigenvalue weighted by molar-refractivity contribution is 0.275. The molecule has 4 nitrogen and oxygen atoms in total. The van der Waals surface area contributed by atoms with E-state index in [9.17, 15) is 0 Å². The fourth-order valence-electron chi connectivity index (χ4n) is 1.91. The Labute approximate surface area is 120 Å². The molecule has 5 heteroatoms. The zero-order chi connectivity index (χ0) is 13.9. The highest BCUT2D eigenvalue weighted by atomic mass is 35.5. The van der Waals surface area contributed by atoms with E-state index in [1.807, 2.05) is 12.1 Å². The summed E-state index contributed by atoms with van der Waals surface area (Å²) in [5.41, 5.74) is 1.23. The Balaban J connectivity index is 2.04. The van der Waals surface area contributed by atoms with Gasteiger partial charge in [-0.3, -0.25) is 4.98 Å². The molecular formula is C15H11ClN2O2. The molecule has 20 heavy (non-hydrogen) atoms. The lowest BCUT2D eigenvalue weighted by Crippen LogP contribution is -1.94. The van der Waals surface area contributed by atoms with Crippen LogP contribution in [0.1, 0.15) is 5.69 Å². The Morgan fingerprint density at radius 2 is 2.00 bits per heavy atom. The molecule has 0 bridgehead atoms. The molecule has 0 aliphatic carbocycles. The number of aliphatic hydroxyl groups is 1. The molecule has 0 saturated heterocycles. The number of hydrogen-bond donors (Lipinski definition) is 1. The molecule has 0 amide bonds. The highest BCUT2D eigenvalue weighted by Crippen LogP contribution is 2.32. The Kier molecular flexibility index (Phi) is 3.50. The van der Waals surface area contributed by atoms with E-state index in [1.54, 1.807) is 36.5 Å². The zero-order valence-corrected chi connectivity index (χ0v) is 11.2. The smallest absolute Gasteiger partial charge is 0.219 e. The predicted octanol–water partition coefficient (Wildman–Crippen LogP) is 3.57. The van der Waals surface area contributed by atoms with Crippen LogP contribution in [0.2, 0.25) is 5.02 Å². The van der Waals surface area contributed by atoms with Crippen LogP contribution in [0, 0.1) is 0 Å². The van der Waals surface area contributed by atoms with Gasteiger partial charge in [-0.05, 0) is 30.3 Å². The number of benzene rings is 1. The number of ether oxygens (including phenoxy) is 1. The molecule has 100 valence electrons. The molecule has 0 atom stereocenters. The minimum Gasteiger partial charge on any atom is -0.437 e. The number of rotatable bonds is 3. The van der Waals surface area contributed by atoms with E-state index < -0.39 is 0 Å². The molecule has 0 unspecified atom stereocenters. The molecule has 1 N–H and O–H groups in total. The first-order valence-corrected chi connectivity index (χ1v) is 6.43. The van der Waals surface area contributed by atoms with Gasteiger partial charge in [0.15, 0.2) is 5.75 Å². The van der Waals surface area contributed by atoms with Crippen LogP contribution in [0.3, 0.4) is 0 Å². The monoisotopic (exact) mass is 286 g/mol. The lowest BCUT2D eigenvalue weighted by Gasteiger charge is -2.09. The molecular weight excluding hydrogens is 276 g/mol. The van der Waals surface area contributed by atoms with Crippen molar-refractivity contribution in [1.82, 2.24) is 9.97 Å². The Morgan fingerprint density at radius 3 is 2.85 bits per heavy atom. The van der Waals surface area contributed by atoms with Gasteiger partial charge in [-0.1, -0.05) is 17.7 Å². The van der Waals surface area contributed by atoms with Crippen LogP contribution in [0.15, 0.2) is 48.7 Å². The normalized spacial score (nSPS) is 10.7. The maximum absolute atomic E-state index is 9.09. The second kappa shape index (κ2) is 5.45. The number of nitrogens with zero attached hydrogens (tertiary/aromatic N) is 2. The summed E-state index contributed by atoms with van der Waals surface area (Å²) < 4.78 is 5.75.